The SMILES string of the molecule is C[C@@H](O)Cc1cc2cnc(Nc3ccc(N4CCNCC4=O)cn3)nc2c(N2CCCCC2)n1. The van der Waals surface area contributed by atoms with Gasteiger partial charge in [0.25, 0.3) is 0 Å². The van der Waals surface area contributed by atoms with Crippen molar-refractivity contribution in [1.29, 1.82) is 0 Å². The van der Waals surface area contributed by atoms with Crippen LogP contribution in [0.5, 0.6) is 0 Å². The van der Waals surface area contributed by atoms with Crippen molar-refractivity contribution in [3.8, 4) is 0 Å². The Morgan fingerprint density at radius 1 is 1.12 bits per heavy atom. The standard InChI is InChI=1S/C24H30N8O2/c1-16(33)11-18-12-17-13-27-24(30-22(17)23(28-18)31-8-3-2-4-9-31)29-20-6-5-19(14-26-20)32-10-7-25-15-21(32)34/h5-6,12-14,16,25,33H,2-4,7-11,15H2,1H3,(H,26,27,29,30)/t16-/m1/s1. The van der Waals surface area contributed by atoms with Crippen LogP contribution < -0.4 is 20.4 Å². The molecular weight excluding hydrogens is 432 g/mol. The quantitative estimate of drug-likeness (QED) is 0.505. The van der Waals surface area contributed by atoms with Crippen LogP contribution in [0.25, 0.3) is 10.9 Å². The maximum atomic E-state index is 12.1. The fourth-order valence-corrected chi connectivity index (χ4v) is 4.48. The van der Waals surface area contributed by atoms with E-state index in [4.69, 9.17) is 9.97 Å². The topological polar surface area (TPSA) is 119 Å². The van der Waals surface area contributed by atoms with Gasteiger partial charge in [0, 0.05) is 49.9 Å². The van der Waals surface area contributed by atoms with E-state index in [1.54, 1.807) is 24.2 Å². The molecule has 2 aliphatic rings. The Morgan fingerprint density at radius 3 is 2.71 bits per heavy atom. The highest BCUT2D eigenvalue weighted by Crippen LogP contribution is 2.28. The van der Waals surface area contributed by atoms with Crippen molar-refractivity contribution in [2.24, 2.45) is 0 Å². The van der Waals surface area contributed by atoms with Crippen LogP contribution in [0.2, 0.25) is 0 Å². The summed E-state index contributed by atoms with van der Waals surface area (Å²) in [4.78, 5) is 34.8. The number of piperidine rings is 1. The molecular formula is C24H30N8O2. The van der Waals surface area contributed by atoms with Crippen LogP contribution in [0.3, 0.4) is 0 Å². The molecule has 0 saturated carbocycles. The van der Waals surface area contributed by atoms with Gasteiger partial charge in [0.2, 0.25) is 11.9 Å². The van der Waals surface area contributed by atoms with E-state index in [2.05, 4.69) is 25.5 Å². The average Bonchev–Trinajstić information content (AvgIpc) is 2.85. The fourth-order valence-electron chi connectivity index (χ4n) is 4.48. The Bertz CT molecular complexity index is 1160. The molecule has 0 spiro atoms. The monoisotopic (exact) mass is 462 g/mol. The second-order valence-electron chi connectivity index (χ2n) is 8.92. The van der Waals surface area contributed by atoms with Gasteiger partial charge >= 0.3 is 0 Å². The first-order valence-electron chi connectivity index (χ1n) is 11.9. The smallest absolute Gasteiger partial charge is 0.241 e. The van der Waals surface area contributed by atoms with Crippen molar-refractivity contribution in [3.05, 3.63) is 36.3 Å². The predicted molar refractivity (Wildman–Crippen MR) is 132 cm³/mol. The summed E-state index contributed by atoms with van der Waals surface area (Å²) in [6.07, 6.45) is 6.99. The lowest BCUT2D eigenvalue weighted by molar-refractivity contribution is -0.118. The number of hydrogen-bond donors (Lipinski definition) is 3. The van der Waals surface area contributed by atoms with E-state index in [0.29, 0.717) is 31.3 Å². The minimum absolute atomic E-state index is 0.0410. The molecule has 0 aliphatic carbocycles. The molecule has 2 saturated heterocycles. The van der Waals surface area contributed by atoms with E-state index in [0.717, 1.165) is 60.6 Å². The van der Waals surface area contributed by atoms with Gasteiger partial charge < -0.3 is 25.5 Å². The number of nitrogens with zero attached hydrogens (tertiary/aromatic N) is 6. The van der Waals surface area contributed by atoms with Gasteiger partial charge in [-0.05, 0) is 44.4 Å². The van der Waals surface area contributed by atoms with Gasteiger partial charge in [-0.25, -0.2) is 19.9 Å². The zero-order valence-electron chi connectivity index (χ0n) is 19.4. The normalized spacial score (nSPS) is 17.8. The Kier molecular flexibility index (Phi) is 6.50. The molecule has 178 valence electrons. The largest absolute Gasteiger partial charge is 0.393 e. The number of rotatable bonds is 6. The van der Waals surface area contributed by atoms with Crippen LogP contribution in [-0.4, -0.2) is 69.8 Å². The number of amides is 1. The Balaban J connectivity index is 1.42. The molecule has 10 nitrogen and oxygen atoms in total. The third-order valence-corrected chi connectivity index (χ3v) is 6.15. The second-order valence-corrected chi connectivity index (χ2v) is 8.92. The number of anilines is 4. The van der Waals surface area contributed by atoms with Gasteiger partial charge in [0.15, 0.2) is 5.82 Å². The number of carbonyl (C=O) groups is 1. The summed E-state index contributed by atoms with van der Waals surface area (Å²) >= 11 is 0. The van der Waals surface area contributed by atoms with Gasteiger partial charge in [0.05, 0.1) is 24.5 Å². The van der Waals surface area contributed by atoms with Gasteiger partial charge in [-0.1, -0.05) is 0 Å². The Hall–Kier alpha value is -3.37. The molecule has 0 unspecified atom stereocenters. The molecule has 5 heterocycles. The number of aliphatic hydroxyl groups excluding tert-OH is 1. The first kappa shape index (κ1) is 22.4. The van der Waals surface area contributed by atoms with E-state index < -0.39 is 6.10 Å². The highest BCUT2D eigenvalue weighted by Gasteiger charge is 2.20. The fraction of sp³-hybridized carbons (Fsp3) is 0.458. The van der Waals surface area contributed by atoms with Crippen LogP contribution in [0, 0.1) is 0 Å². The van der Waals surface area contributed by atoms with Crippen LogP contribution in [0.4, 0.5) is 23.3 Å². The number of nitrogens with one attached hydrogen (secondary N) is 2. The maximum Gasteiger partial charge on any atom is 0.241 e. The first-order valence-corrected chi connectivity index (χ1v) is 11.9. The van der Waals surface area contributed by atoms with Crippen LogP contribution in [-0.2, 0) is 11.2 Å². The Labute approximate surface area is 198 Å². The molecule has 5 rings (SSSR count). The lowest BCUT2D eigenvalue weighted by Gasteiger charge is -2.29. The van der Waals surface area contributed by atoms with Gasteiger partial charge in [0.1, 0.15) is 11.3 Å². The average molecular weight is 463 g/mol. The lowest BCUT2D eigenvalue weighted by atomic mass is 10.1. The summed E-state index contributed by atoms with van der Waals surface area (Å²) in [5.74, 6) is 1.93. The zero-order chi connectivity index (χ0) is 23.5. The summed E-state index contributed by atoms with van der Waals surface area (Å²) in [7, 11) is 0. The van der Waals surface area contributed by atoms with Gasteiger partial charge in [-0.2, -0.15) is 0 Å². The Morgan fingerprint density at radius 2 is 1.97 bits per heavy atom. The molecule has 0 aromatic carbocycles. The highest BCUT2D eigenvalue weighted by molar-refractivity contribution is 5.95. The number of carbonyl (C=O) groups excluding carboxylic acids is 1. The van der Waals surface area contributed by atoms with Gasteiger partial charge in [-0.3, -0.25) is 4.79 Å². The molecule has 3 aromatic rings. The number of aliphatic hydroxyl groups is 1. The van der Waals surface area contributed by atoms with E-state index in [-0.39, 0.29) is 5.91 Å². The zero-order valence-corrected chi connectivity index (χ0v) is 19.4. The molecule has 1 atom stereocenters. The van der Waals surface area contributed by atoms with Crippen molar-refractivity contribution in [1.82, 2.24) is 25.3 Å². The number of pyridine rings is 2. The molecule has 34 heavy (non-hydrogen) atoms. The number of hydrogen-bond acceptors (Lipinski definition) is 9. The minimum atomic E-state index is -0.466. The van der Waals surface area contributed by atoms with Crippen LogP contribution in [0.1, 0.15) is 31.9 Å². The molecule has 1 amide bonds. The first-order chi connectivity index (χ1) is 16.6. The van der Waals surface area contributed by atoms with Crippen LogP contribution >= 0.6 is 0 Å². The summed E-state index contributed by atoms with van der Waals surface area (Å²) in [5, 5.41) is 17.0. The lowest BCUT2D eigenvalue weighted by Crippen LogP contribution is -2.48. The molecule has 0 radical (unpaired) electrons. The van der Waals surface area contributed by atoms with Crippen molar-refractivity contribution in [2.45, 2.75) is 38.7 Å². The number of fused-ring (bicyclic) bond motifs is 1. The highest BCUT2D eigenvalue weighted by atomic mass is 16.3. The molecule has 3 N–H and O–H groups in total. The molecule has 0 bridgehead atoms. The number of piperazine rings is 1. The van der Waals surface area contributed by atoms with Gasteiger partial charge in [-0.15, -0.1) is 0 Å². The van der Waals surface area contributed by atoms with Crippen molar-refractivity contribution in [2.75, 3.05) is 47.8 Å². The molecule has 10 heteroatoms. The minimum Gasteiger partial charge on any atom is -0.393 e. The predicted octanol–water partition coefficient (Wildman–Crippen LogP) is 2.01. The summed E-state index contributed by atoms with van der Waals surface area (Å²) < 4.78 is 0. The summed E-state index contributed by atoms with van der Waals surface area (Å²) in [6, 6.07) is 5.66. The van der Waals surface area contributed by atoms with Crippen molar-refractivity contribution in [3.63, 3.8) is 0 Å². The van der Waals surface area contributed by atoms with Crippen molar-refractivity contribution >= 4 is 40.1 Å². The third-order valence-electron chi connectivity index (χ3n) is 6.15. The van der Waals surface area contributed by atoms with E-state index in [1.165, 1.54) is 6.42 Å². The van der Waals surface area contributed by atoms with E-state index in [9.17, 15) is 9.90 Å². The van der Waals surface area contributed by atoms with Crippen molar-refractivity contribution < 1.29 is 9.90 Å². The third kappa shape index (κ3) is 4.92. The molecule has 3 aromatic heterocycles. The second kappa shape index (κ2) is 9.86. The summed E-state index contributed by atoms with van der Waals surface area (Å²) in [5.41, 5.74) is 2.41. The molecule has 2 aliphatic heterocycles. The molecule has 2 fully saturated rings. The van der Waals surface area contributed by atoms with Crippen LogP contribution in [0.15, 0.2) is 30.6 Å². The van der Waals surface area contributed by atoms with E-state index in [1.807, 2.05) is 18.2 Å². The number of aromatic nitrogens is 4. The summed E-state index contributed by atoms with van der Waals surface area (Å²) in [6.45, 7) is 5.40. The maximum absolute atomic E-state index is 12.1. The van der Waals surface area contributed by atoms with E-state index >= 15 is 0 Å².